The molecule has 9 heteroatoms. The highest BCUT2D eigenvalue weighted by Gasteiger charge is 2.23. The van der Waals surface area contributed by atoms with Crippen molar-refractivity contribution in [2.24, 2.45) is 7.05 Å². The van der Waals surface area contributed by atoms with Crippen molar-refractivity contribution in [3.05, 3.63) is 40.2 Å². The van der Waals surface area contributed by atoms with Crippen LogP contribution in [0.1, 0.15) is 10.4 Å². The average molecular weight is 316 g/mol. The van der Waals surface area contributed by atoms with Crippen molar-refractivity contribution in [3.63, 3.8) is 0 Å². The van der Waals surface area contributed by atoms with Crippen LogP contribution in [0.2, 0.25) is 0 Å². The number of aromatic hydroxyl groups is 1. The summed E-state index contributed by atoms with van der Waals surface area (Å²) in [5, 5.41) is 20.9. The predicted molar refractivity (Wildman–Crippen MR) is 79.6 cm³/mol. The molecule has 118 valence electrons. The van der Waals surface area contributed by atoms with Gasteiger partial charge in [0.25, 0.3) is 11.5 Å². The third-order valence-electron chi connectivity index (χ3n) is 3.42. The molecule has 3 rings (SSSR count). The number of carboxylic acids is 1. The van der Waals surface area contributed by atoms with E-state index in [4.69, 9.17) is 5.11 Å². The molecule has 9 nitrogen and oxygen atoms in total. The molecule has 0 atom stereocenters. The first-order valence-corrected chi connectivity index (χ1v) is 6.61. The number of aliphatic carboxylic acids is 1. The maximum Gasteiger partial charge on any atom is 0.322 e. The van der Waals surface area contributed by atoms with Gasteiger partial charge in [-0.2, -0.15) is 0 Å². The molecule has 23 heavy (non-hydrogen) atoms. The molecule has 3 aromatic rings. The average Bonchev–Trinajstić information content (AvgIpc) is 2.91. The number of carboxylic acid groups (broad SMARTS) is 1. The number of para-hydroxylation sites is 2. The van der Waals surface area contributed by atoms with Crippen LogP contribution in [0.15, 0.2) is 29.1 Å². The Morgan fingerprint density at radius 3 is 2.70 bits per heavy atom. The minimum atomic E-state index is -1.26. The normalized spacial score (nSPS) is 11.0. The number of carbonyl (C=O) groups is 2. The summed E-state index contributed by atoms with van der Waals surface area (Å²) >= 11 is 0. The Balaban J connectivity index is 2.29. The summed E-state index contributed by atoms with van der Waals surface area (Å²) in [6, 6.07) is 6.94. The minimum absolute atomic E-state index is 0.0359. The van der Waals surface area contributed by atoms with Crippen molar-refractivity contribution in [2.45, 2.75) is 0 Å². The molecule has 0 spiro atoms. The predicted octanol–water partition coefficient (Wildman–Crippen LogP) is -0.294. The Morgan fingerprint density at radius 1 is 1.30 bits per heavy atom. The van der Waals surface area contributed by atoms with Crippen molar-refractivity contribution >= 4 is 28.6 Å². The highest BCUT2D eigenvalue weighted by atomic mass is 16.4. The largest absolute Gasteiger partial charge is 0.504 e. The second-order valence-corrected chi connectivity index (χ2v) is 4.86. The molecule has 0 aliphatic carbocycles. The number of fused-ring (bicyclic) bond motifs is 3. The van der Waals surface area contributed by atoms with E-state index in [1.807, 2.05) is 0 Å². The number of aryl methyl sites for hydroxylation is 1. The number of hydrogen-bond acceptors (Lipinski definition) is 5. The Morgan fingerprint density at radius 2 is 2.00 bits per heavy atom. The van der Waals surface area contributed by atoms with Crippen molar-refractivity contribution in [1.82, 2.24) is 19.5 Å². The van der Waals surface area contributed by atoms with Gasteiger partial charge in [0.1, 0.15) is 6.54 Å². The molecule has 0 radical (unpaired) electrons. The molecule has 2 aromatic heterocycles. The molecule has 2 heterocycles. The van der Waals surface area contributed by atoms with Crippen molar-refractivity contribution in [1.29, 1.82) is 0 Å². The SMILES string of the molecule is Cn1c(=O)c(C(=O)NCC(=O)O)c(O)c2nc3ccccc3n21. The van der Waals surface area contributed by atoms with Gasteiger partial charge in [-0.25, -0.2) is 14.2 Å². The topological polar surface area (TPSA) is 126 Å². The van der Waals surface area contributed by atoms with Crippen LogP contribution in [-0.4, -0.2) is 42.8 Å². The smallest absolute Gasteiger partial charge is 0.322 e. The lowest BCUT2D eigenvalue weighted by Crippen LogP contribution is -2.36. The minimum Gasteiger partial charge on any atom is -0.504 e. The first kappa shape index (κ1) is 14.6. The Hall–Kier alpha value is -3.36. The van der Waals surface area contributed by atoms with Crippen LogP contribution in [0.3, 0.4) is 0 Å². The number of imidazole rings is 1. The number of aromatic nitrogens is 3. The fraction of sp³-hybridized carbons (Fsp3) is 0.143. The maximum absolute atomic E-state index is 12.4. The Labute approximate surface area is 128 Å². The summed E-state index contributed by atoms with van der Waals surface area (Å²) in [7, 11) is 1.43. The molecule has 0 saturated carbocycles. The van der Waals surface area contributed by atoms with Gasteiger partial charge in [0.15, 0.2) is 17.0 Å². The maximum atomic E-state index is 12.4. The highest BCUT2D eigenvalue weighted by molar-refractivity contribution is 6.00. The van der Waals surface area contributed by atoms with Crippen LogP contribution in [0, 0.1) is 0 Å². The number of hydrogen-bond donors (Lipinski definition) is 3. The summed E-state index contributed by atoms with van der Waals surface area (Å²) in [5.74, 6) is -2.82. The van der Waals surface area contributed by atoms with Gasteiger partial charge in [-0.05, 0) is 12.1 Å². The second-order valence-electron chi connectivity index (χ2n) is 4.86. The lowest BCUT2D eigenvalue weighted by molar-refractivity contribution is -0.135. The molecule has 0 aliphatic rings. The van der Waals surface area contributed by atoms with Crippen LogP contribution < -0.4 is 10.9 Å². The molecule has 1 amide bonds. The zero-order chi connectivity index (χ0) is 16.7. The number of nitrogens with one attached hydrogen (secondary N) is 1. The van der Waals surface area contributed by atoms with E-state index < -0.39 is 35.3 Å². The van der Waals surface area contributed by atoms with E-state index in [1.165, 1.54) is 11.6 Å². The summed E-state index contributed by atoms with van der Waals surface area (Å²) in [5.41, 5.74) is -0.137. The first-order chi connectivity index (χ1) is 10.9. The summed E-state index contributed by atoms with van der Waals surface area (Å²) < 4.78 is 2.53. The zero-order valence-electron chi connectivity index (χ0n) is 12.0. The van der Waals surface area contributed by atoms with E-state index in [9.17, 15) is 19.5 Å². The van der Waals surface area contributed by atoms with Crippen LogP contribution in [0.25, 0.3) is 16.7 Å². The van der Waals surface area contributed by atoms with E-state index >= 15 is 0 Å². The Bertz CT molecular complexity index is 1020. The molecule has 1 aromatic carbocycles. The third-order valence-corrected chi connectivity index (χ3v) is 3.42. The number of carbonyl (C=O) groups excluding carboxylic acids is 1. The second kappa shape index (κ2) is 5.13. The van der Waals surface area contributed by atoms with E-state index in [-0.39, 0.29) is 5.65 Å². The van der Waals surface area contributed by atoms with E-state index in [2.05, 4.69) is 10.3 Å². The Kier molecular flexibility index (Phi) is 3.25. The van der Waals surface area contributed by atoms with Gasteiger partial charge in [-0.3, -0.25) is 14.4 Å². The lowest BCUT2D eigenvalue weighted by atomic mass is 10.2. The van der Waals surface area contributed by atoms with Gasteiger partial charge < -0.3 is 15.5 Å². The van der Waals surface area contributed by atoms with Crippen molar-refractivity contribution < 1.29 is 19.8 Å². The van der Waals surface area contributed by atoms with Gasteiger partial charge in [0.2, 0.25) is 0 Å². The van der Waals surface area contributed by atoms with Gasteiger partial charge in [-0.1, -0.05) is 12.1 Å². The number of nitrogens with zero attached hydrogens (tertiary/aromatic N) is 3. The zero-order valence-corrected chi connectivity index (χ0v) is 12.0. The highest BCUT2D eigenvalue weighted by Crippen LogP contribution is 2.24. The van der Waals surface area contributed by atoms with Crippen LogP contribution in [0.5, 0.6) is 5.75 Å². The van der Waals surface area contributed by atoms with E-state index in [0.29, 0.717) is 11.0 Å². The molecule has 0 aliphatic heterocycles. The molecular formula is C14H12N4O5. The summed E-state index contributed by atoms with van der Waals surface area (Å²) in [6.45, 7) is -0.664. The molecular weight excluding hydrogens is 304 g/mol. The standard InChI is InChI=1S/C14H12N4O5/c1-17-14(23)10(13(22)15-6-9(19)20)11(21)12-16-7-4-2-3-5-8(7)18(12)17/h2-5,21H,6H2,1H3,(H,15,22)(H,19,20). The van der Waals surface area contributed by atoms with Crippen LogP contribution >= 0.6 is 0 Å². The summed E-state index contributed by atoms with van der Waals surface area (Å²) in [6.07, 6.45) is 0. The van der Waals surface area contributed by atoms with Crippen LogP contribution in [0.4, 0.5) is 0 Å². The molecule has 0 unspecified atom stereocenters. The number of rotatable bonds is 3. The van der Waals surface area contributed by atoms with Crippen LogP contribution in [-0.2, 0) is 11.8 Å². The van der Waals surface area contributed by atoms with E-state index in [1.54, 1.807) is 24.3 Å². The number of amides is 1. The molecule has 0 bridgehead atoms. The van der Waals surface area contributed by atoms with E-state index in [0.717, 1.165) is 4.68 Å². The first-order valence-electron chi connectivity index (χ1n) is 6.61. The van der Waals surface area contributed by atoms with Crippen molar-refractivity contribution in [3.8, 4) is 5.75 Å². The van der Waals surface area contributed by atoms with Gasteiger partial charge in [-0.15, -0.1) is 0 Å². The monoisotopic (exact) mass is 316 g/mol. The van der Waals surface area contributed by atoms with Gasteiger partial charge >= 0.3 is 5.97 Å². The lowest BCUT2D eigenvalue weighted by Gasteiger charge is -2.10. The molecule has 0 fully saturated rings. The fourth-order valence-electron chi connectivity index (χ4n) is 2.38. The van der Waals surface area contributed by atoms with Gasteiger partial charge in [0.05, 0.1) is 11.0 Å². The molecule has 0 saturated heterocycles. The number of benzene rings is 1. The van der Waals surface area contributed by atoms with Gasteiger partial charge in [0, 0.05) is 7.05 Å². The quantitative estimate of drug-likeness (QED) is 0.609. The summed E-state index contributed by atoms with van der Waals surface area (Å²) in [4.78, 5) is 39.1. The molecule has 3 N–H and O–H groups in total. The third kappa shape index (κ3) is 2.18. The fourth-order valence-corrected chi connectivity index (χ4v) is 2.38. The van der Waals surface area contributed by atoms with Crippen molar-refractivity contribution in [2.75, 3.05) is 6.54 Å².